The molecule has 2 rings (SSSR count). The molecule has 25 heavy (non-hydrogen) atoms. The zero-order valence-corrected chi connectivity index (χ0v) is 15.9. The predicted molar refractivity (Wildman–Crippen MR) is 97.8 cm³/mol. The van der Waals surface area contributed by atoms with E-state index in [-0.39, 0.29) is 12.5 Å². The lowest BCUT2D eigenvalue weighted by Crippen LogP contribution is -2.44. The van der Waals surface area contributed by atoms with E-state index in [4.69, 9.17) is 23.2 Å². The molecule has 1 heterocycles. The molecule has 1 fully saturated rings. The number of carbonyl (C=O) groups excluding carboxylic acids is 3. The van der Waals surface area contributed by atoms with Gasteiger partial charge in [-0.2, -0.15) is 0 Å². The largest absolute Gasteiger partial charge is 0.325 e. The molecule has 1 aromatic rings. The lowest BCUT2D eigenvalue weighted by Gasteiger charge is -2.22. The van der Waals surface area contributed by atoms with Crippen molar-refractivity contribution in [2.45, 2.75) is 39.2 Å². The van der Waals surface area contributed by atoms with Crippen molar-refractivity contribution >= 4 is 46.7 Å². The predicted octanol–water partition coefficient (Wildman–Crippen LogP) is 3.68. The molecular formula is C17H21Cl2N3O3. The number of anilines is 1. The quantitative estimate of drug-likeness (QED) is 0.733. The number of rotatable bonds is 6. The van der Waals surface area contributed by atoms with Gasteiger partial charge in [0, 0.05) is 5.69 Å². The highest BCUT2D eigenvalue weighted by molar-refractivity contribution is 6.42. The van der Waals surface area contributed by atoms with E-state index in [9.17, 15) is 14.4 Å². The Morgan fingerprint density at radius 2 is 1.96 bits per heavy atom. The highest BCUT2D eigenvalue weighted by atomic mass is 35.5. The Morgan fingerprint density at radius 3 is 2.56 bits per heavy atom. The van der Waals surface area contributed by atoms with Crippen LogP contribution in [0.4, 0.5) is 10.5 Å². The molecule has 0 aliphatic carbocycles. The standard InChI is InChI=1S/C17H21Cl2N3O3/c1-10(2)6-7-17(3)15(24)22(16(25)21-17)9-14(23)20-11-4-5-12(18)13(19)8-11/h4-5,8,10H,6-7,9H2,1-3H3,(H,20,23)(H,21,25)/t17-/m1/s1. The third kappa shape index (κ3) is 4.64. The van der Waals surface area contributed by atoms with Crippen LogP contribution in [0.3, 0.4) is 0 Å². The van der Waals surface area contributed by atoms with Crippen LogP contribution < -0.4 is 10.6 Å². The summed E-state index contributed by atoms with van der Waals surface area (Å²) < 4.78 is 0. The first-order valence-corrected chi connectivity index (χ1v) is 8.77. The molecule has 0 bridgehead atoms. The van der Waals surface area contributed by atoms with Crippen LogP contribution in [-0.4, -0.2) is 34.8 Å². The van der Waals surface area contributed by atoms with E-state index in [2.05, 4.69) is 10.6 Å². The second kappa shape index (κ2) is 7.62. The van der Waals surface area contributed by atoms with Crippen molar-refractivity contribution in [1.29, 1.82) is 0 Å². The number of nitrogens with one attached hydrogen (secondary N) is 2. The summed E-state index contributed by atoms with van der Waals surface area (Å²) in [6, 6.07) is 4.09. The molecule has 136 valence electrons. The zero-order chi connectivity index (χ0) is 18.8. The first-order chi connectivity index (χ1) is 11.6. The number of nitrogens with zero attached hydrogens (tertiary/aromatic N) is 1. The highest BCUT2D eigenvalue weighted by Crippen LogP contribution is 2.26. The van der Waals surface area contributed by atoms with Gasteiger partial charge in [-0.05, 0) is 43.9 Å². The minimum absolute atomic E-state index is 0.302. The topological polar surface area (TPSA) is 78.5 Å². The van der Waals surface area contributed by atoms with Gasteiger partial charge in [-0.3, -0.25) is 14.5 Å². The average Bonchev–Trinajstić information content (AvgIpc) is 2.73. The van der Waals surface area contributed by atoms with Gasteiger partial charge < -0.3 is 10.6 Å². The SMILES string of the molecule is CC(C)CC[C@@]1(C)NC(=O)N(CC(=O)Nc2ccc(Cl)c(Cl)c2)C1=O. The van der Waals surface area contributed by atoms with Gasteiger partial charge in [0.15, 0.2) is 0 Å². The van der Waals surface area contributed by atoms with Crippen LogP contribution in [-0.2, 0) is 9.59 Å². The van der Waals surface area contributed by atoms with Crippen LogP contribution >= 0.6 is 23.2 Å². The Kier molecular flexibility index (Phi) is 5.95. The van der Waals surface area contributed by atoms with Crippen LogP contribution in [0.15, 0.2) is 18.2 Å². The van der Waals surface area contributed by atoms with E-state index in [1.165, 1.54) is 6.07 Å². The summed E-state index contributed by atoms with van der Waals surface area (Å²) in [6.45, 7) is 5.43. The number of hydrogen-bond donors (Lipinski definition) is 2. The van der Waals surface area contributed by atoms with Crippen molar-refractivity contribution in [3.8, 4) is 0 Å². The second-order valence-electron chi connectivity index (χ2n) is 6.76. The van der Waals surface area contributed by atoms with Crippen molar-refractivity contribution < 1.29 is 14.4 Å². The summed E-state index contributed by atoms with van der Waals surface area (Å²) in [6.07, 6.45) is 1.33. The number of carbonyl (C=O) groups is 3. The highest BCUT2D eigenvalue weighted by Gasteiger charge is 2.47. The fourth-order valence-electron chi connectivity index (χ4n) is 2.56. The number of halogens is 2. The van der Waals surface area contributed by atoms with Crippen molar-refractivity contribution in [3.05, 3.63) is 28.2 Å². The lowest BCUT2D eigenvalue weighted by molar-refractivity contribution is -0.133. The molecule has 0 saturated carbocycles. The molecule has 1 aliphatic heterocycles. The molecule has 1 saturated heterocycles. The van der Waals surface area contributed by atoms with Crippen molar-refractivity contribution in [2.75, 3.05) is 11.9 Å². The third-order valence-electron chi connectivity index (χ3n) is 4.07. The summed E-state index contributed by atoms with van der Waals surface area (Å²) in [4.78, 5) is 37.8. The first kappa shape index (κ1) is 19.5. The third-order valence-corrected chi connectivity index (χ3v) is 4.81. The lowest BCUT2D eigenvalue weighted by atomic mass is 9.92. The Morgan fingerprint density at radius 1 is 1.28 bits per heavy atom. The molecule has 2 N–H and O–H groups in total. The van der Waals surface area contributed by atoms with Gasteiger partial charge in [0.2, 0.25) is 5.91 Å². The van der Waals surface area contributed by atoms with Crippen LogP contribution in [0.25, 0.3) is 0 Å². The van der Waals surface area contributed by atoms with Gasteiger partial charge in [-0.1, -0.05) is 37.0 Å². The fourth-order valence-corrected chi connectivity index (χ4v) is 2.85. The maximum absolute atomic E-state index is 12.6. The summed E-state index contributed by atoms with van der Waals surface area (Å²) in [5.41, 5.74) is -0.528. The van der Waals surface area contributed by atoms with Crippen molar-refractivity contribution in [1.82, 2.24) is 10.2 Å². The first-order valence-electron chi connectivity index (χ1n) is 8.01. The number of imide groups is 1. The maximum Gasteiger partial charge on any atom is 0.325 e. The smallest absolute Gasteiger partial charge is 0.324 e. The number of urea groups is 1. The van der Waals surface area contributed by atoms with Crippen LogP contribution in [0.1, 0.15) is 33.6 Å². The van der Waals surface area contributed by atoms with Gasteiger partial charge in [0.05, 0.1) is 10.0 Å². The normalized spacial score (nSPS) is 20.2. The molecule has 0 unspecified atom stereocenters. The Labute approximate surface area is 156 Å². The van der Waals surface area contributed by atoms with Crippen LogP contribution in [0, 0.1) is 5.92 Å². The molecule has 1 atom stereocenters. The Hall–Kier alpha value is -1.79. The van der Waals surface area contributed by atoms with Crippen LogP contribution in [0.2, 0.25) is 10.0 Å². The molecule has 4 amide bonds. The second-order valence-corrected chi connectivity index (χ2v) is 7.58. The minimum atomic E-state index is -0.967. The number of benzene rings is 1. The molecule has 0 spiro atoms. The number of hydrogen-bond acceptors (Lipinski definition) is 3. The molecule has 0 radical (unpaired) electrons. The minimum Gasteiger partial charge on any atom is -0.324 e. The molecule has 1 aliphatic rings. The maximum atomic E-state index is 12.6. The zero-order valence-electron chi connectivity index (χ0n) is 14.4. The Balaban J connectivity index is 2.01. The summed E-state index contributed by atoms with van der Waals surface area (Å²) in [7, 11) is 0. The van der Waals surface area contributed by atoms with E-state index < -0.39 is 17.5 Å². The summed E-state index contributed by atoms with van der Waals surface area (Å²) in [5.74, 6) is -0.467. The van der Waals surface area contributed by atoms with E-state index in [1.54, 1.807) is 19.1 Å². The van der Waals surface area contributed by atoms with Crippen LogP contribution in [0.5, 0.6) is 0 Å². The van der Waals surface area contributed by atoms with Crippen molar-refractivity contribution in [3.63, 3.8) is 0 Å². The van der Waals surface area contributed by atoms with Gasteiger partial charge in [-0.15, -0.1) is 0 Å². The van der Waals surface area contributed by atoms with Gasteiger partial charge >= 0.3 is 6.03 Å². The summed E-state index contributed by atoms with van der Waals surface area (Å²) in [5, 5.41) is 5.96. The average molecular weight is 386 g/mol. The van der Waals surface area contributed by atoms with Gasteiger partial charge in [-0.25, -0.2) is 4.79 Å². The molecule has 0 aromatic heterocycles. The Bertz CT molecular complexity index is 708. The molecule has 6 nitrogen and oxygen atoms in total. The van der Waals surface area contributed by atoms with E-state index in [0.717, 1.165) is 11.3 Å². The monoisotopic (exact) mass is 385 g/mol. The summed E-state index contributed by atoms with van der Waals surface area (Å²) >= 11 is 11.7. The van der Waals surface area contributed by atoms with E-state index in [1.807, 2.05) is 13.8 Å². The van der Waals surface area contributed by atoms with Gasteiger partial charge in [0.25, 0.3) is 5.91 Å². The van der Waals surface area contributed by atoms with Crippen molar-refractivity contribution in [2.24, 2.45) is 5.92 Å². The fraction of sp³-hybridized carbons (Fsp3) is 0.471. The van der Waals surface area contributed by atoms with Gasteiger partial charge in [0.1, 0.15) is 12.1 Å². The molecule has 8 heteroatoms. The van der Waals surface area contributed by atoms with E-state index >= 15 is 0 Å². The molecule has 1 aromatic carbocycles. The number of amides is 4. The van der Waals surface area contributed by atoms with E-state index in [0.29, 0.717) is 28.1 Å². The molecular weight excluding hydrogens is 365 g/mol.